The van der Waals surface area contributed by atoms with Gasteiger partial charge in [0.15, 0.2) is 17.0 Å². The lowest BCUT2D eigenvalue weighted by Gasteiger charge is -2.37. The number of ether oxygens (including phenoxy) is 4. The molecule has 2 N–H and O–H groups in total. The smallest absolute Gasteiger partial charge is 0.413 e. The fraction of sp³-hybridized carbons (Fsp3) is 0.235. The zero-order valence-electron chi connectivity index (χ0n) is 24.7. The Bertz CT molecular complexity index is 1720. The number of methoxy groups -OCH3 is 1. The van der Waals surface area contributed by atoms with Crippen LogP contribution in [-0.2, 0) is 19.8 Å². The van der Waals surface area contributed by atoms with Crippen molar-refractivity contribution in [3.8, 4) is 5.75 Å². The highest BCUT2D eigenvalue weighted by molar-refractivity contribution is 5.93. The highest BCUT2D eigenvalue weighted by Gasteiger charge is 2.42. The maximum atomic E-state index is 12.1. The minimum Gasteiger partial charge on any atom is -0.497 e. The molecule has 0 unspecified atom stereocenters. The first-order valence-corrected chi connectivity index (χ1v) is 14.5. The van der Waals surface area contributed by atoms with Gasteiger partial charge in [-0.25, -0.2) is 19.7 Å². The number of imidazole rings is 1. The van der Waals surface area contributed by atoms with Crippen molar-refractivity contribution in [3.05, 3.63) is 127 Å². The summed E-state index contributed by atoms with van der Waals surface area (Å²) in [6.07, 6.45) is 1.82. The van der Waals surface area contributed by atoms with Crippen molar-refractivity contribution in [2.45, 2.75) is 30.5 Å². The third kappa shape index (κ3) is 6.01. The van der Waals surface area contributed by atoms with E-state index in [1.807, 2.05) is 84.9 Å². The van der Waals surface area contributed by atoms with Crippen molar-refractivity contribution in [2.75, 3.05) is 25.6 Å². The average molecular weight is 608 g/mol. The van der Waals surface area contributed by atoms with E-state index in [9.17, 15) is 9.90 Å². The van der Waals surface area contributed by atoms with Crippen molar-refractivity contribution >= 4 is 23.1 Å². The summed E-state index contributed by atoms with van der Waals surface area (Å²) in [6.45, 7) is 3.66. The van der Waals surface area contributed by atoms with Gasteiger partial charge in [0.25, 0.3) is 0 Å². The number of rotatable bonds is 11. The molecule has 1 aliphatic rings. The summed E-state index contributed by atoms with van der Waals surface area (Å²) >= 11 is 0. The number of aliphatic hydroxyl groups is 1. The average Bonchev–Trinajstić information content (AvgIpc) is 3.69. The summed E-state index contributed by atoms with van der Waals surface area (Å²) in [4.78, 5) is 25.0. The highest BCUT2D eigenvalue weighted by atomic mass is 16.6. The Labute approximate surface area is 260 Å². The second-order valence-electron chi connectivity index (χ2n) is 10.4. The van der Waals surface area contributed by atoms with Crippen molar-refractivity contribution in [1.82, 2.24) is 19.5 Å². The zero-order valence-corrected chi connectivity index (χ0v) is 24.7. The van der Waals surface area contributed by atoms with Crippen molar-refractivity contribution in [3.63, 3.8) is 0 Å². The number of nitrogens with one attached hydrogen (secondary N) is 1. The Balaban J connectivity index is 1.29. The van der Waals surface area contributed by atoms with E-state index >= 15 is 0 Å². The molecule has 6 rings (SSSR count). The number of benzene rings is 3. The number of anilines is 1. The molecule has 1 saturated heterocycles. The number of carbonyl (C=O) groups is 1. The minimum absolute atomic E-state index is 0.0550. The fourth-order valence-corrected chi connectivity index (χ4v) is 5.60. The van der Waals surface area contributed by atoms with Gasteiger partial charge >= 0.3 is 6.09 Å². The molecule has 230 valence electrons. The maximum Gasteiger partial charge on any atom is 0.413 e. The molecule has 0 spiro atoms. The van der Waals surface area contributed by atoms with Crippen LogP contribution in [0.5, 0.6) is 5.75 Å². The Morgan fingerprint density at radius 3 is 2.44 bits per heavy atom. The highest BCUT2D eigenvalue weighted by Crippen LogP contribution is 2.42. The monoisotopic (exact) mass is 607 g/mol. The van der Waals surface area contributed by atoms with Gasteiger partial charge in [-0.2, -0.15) is 0 Å². The summed E-state index contributed by atoms with van der Waals surface area (Å²) < 4.78 is 25.6. The fourth-order valence-electron chi connectivity index (χ4n) is 5.60. The molecular formula is C34H33N5O6. The number of fused-ring (bicyclic) bond motifs is 1. The van der Waals surface area contributed by atoms with E-state index < -0.39 is 30.1 Å². The molecule has 11 nitrogen and oxygen atoms in total. The second-order valence-corrected chi connectivity index (χ2v) is 10.4. The first-order valence-electron chi connectivity index (χ1n) is 14.5. The van der Waals surface area contributed by atoms with Crippen LogP contribution in [-0.4, -0.2) is 63.3 Å². The second kappa shape index (κ2) is 13.3. The summed E-state index contributed by atoms with van der Waals surface area (Å²) in [5, 5.41) is 13.8. The summed E-state index contributed by atoms with van der Waals surface area (Å²) in [7, 11) is 1.63. The van der Waals surface area contributed by atoms with Crippen molar-refractivity contribution in [2.24, 2.45) is 0 Å². The molecule has 3 atom stereocenters. The van der Waals surface area contributed by atoms with Crippen LogP contribution in [0.3, 0.4) is 0 Å². The third-order valence-corrected chi connectivity index (χ3v) is 7.73. The van der Waals surface area contributed by atoms with Gasteiger partial charge in [-0.15, -0.1) is 0 Å². The normalized spacial score (nSPS) is 18.0. The van der Waals surface area contributed by atoms with Gasteiger partial charge in [0.1, 0.15) is 36.6 Å². The Kier molecular flexibility index (Phi) is 8.83. The van der Waals surface area contributed by atoms with Crippen molar-refractivity contribution in [1.29, 1.82) is 0 Å². The van der Waals surface area contributed by atoms with Gasteiger partial charge < -0.3 is 24.1 Å². The molecular weight excluding hydrogens is 574 g/mol. The molecule has 1 fully saturated rings. The molecule has 1 amide bonds. The standard InChI is InChI=1S/C34H33N5O6/c1-3-17-43-33(41)38-31-30-32(36-21-35-31)39(22-37-30)29-19-27(40)28(45-29)20-44-34(23-11-6-4-7-12-23,24-13-8-5-9-14-24)25-15-10-16-26(18-25)42-2/h3-16,18,21-22,27-29,40H,1,17,19-20H2,2H3,(H,35,36,38,41)/t27-,28+,29+/m0/s1. The minimum atomic E-state index is -1.03. The van der Waals surface area contributed by atoms with Crippen LogP contribution in [0.2, 0.25) is 0 Å². The van der Waals surface area contributed by atoms with Crippen LogP contribution >= 0.6 is 0 Å². The molecule has 45 heavy (non-hydrogen) atoms. The van der Waals surface area contributed by atoms with E-state index in [0.29, 0.717) is 16.9 Å². The number of nitrogens with zero attached hydrogens (tertiary/aromatic N) is 4. The van der Waals surface area contributed by atoms with Crippen LogP contribution in [0.4, 0.5) is 10.6 Å². The summed E-state index contributed by atoms with van der Waals surface area (Å²) in [6, 6.07) is 27.7. The lowest BCUT2D eigenvalue weighted by atomic mass is 9.80. The number of amides is 1. The van der Waals surface area contributed by atoms with Crippen LogP contribution < -0.4 is 10.1 Å². The van der Waals surface area contributed by atoms with E-state index in [2.05, 4.69) is 26.8 Å². The Morgan fingerprint density at radius 1 is 1.04 bits per heavy atom. The predicted octanol–water partition coefficient (Wildman–Crippen LogP) is 5.23. The van der Waals surface area contributed by atoms with Gasteiger partial charge in [0, 0.05) is 6.42 Å². The lowest BCUT2D eigenvalue weighted by molar-refractivity contribution is -0.0931. The molecule has 0 saturated carbocycles. The van der Waals surface area contributed by atoms with Gasteiger partial charge in [-0.05, 0) is 28.8 Å². The molecule has 11 heteroatoms. The number of carbonyl (C=O) groups excluding carboxylic acids is 1. The Hall–Kier alpha value is -5.10. The van der Waals surface area contributed by atoms with Gasteiger partial charge in [0.05, 0.1) is 26.1 Å². The largest absolute Gasteiger partial charge is 0.497 e. The molecule has 0 radical (unpaired) electrons. The maximum absolute atomic E-state index is 12.1. The van der Waals surface area contributed by atoms with E-state index in [4.69, 9.17) is 18.9 Å². The Morgan fingerprint density at radius 2 is 1.76 bits per heavy atom. The summed E-state index contributed by atoms with van der Waals surface area (Å²) in [5.41, 5.74) is 2.45. The number of hydrogen-bond donors (Lipinski definition) is 2. The van der Waals surface area contributed by atoms with Gasteiger partial charge in [0.2, 0.25) is 0 Å². The molecule has 0 bridgehead atoms. The van der Waals surface area contributed by atoms with Crippen LogP contribution in [0.25, 0.3) is 11.2 Å². The van der Waals surface area contributed by atoms with Crippen LogP contribution in [0.15, 0.2) is 110 Å². The SMILES string of the molecule is C=CCOC(=O)Nc1ncnc2c1ncn2[C@H]1C[C@H](O)[C@@H](COC(c2ccccc2)(c2ccccc2)c2cccc(OC)c2)O1. The van der Waals surface area contributed by atoms with E-state index in [0.717, 1.165) is 16.7 Å². The van der Waals surface area contributed by atoms with E-state index in [1.54, 1.807) is 18.0 Å². The third-order valence-electron chi connectivity index (χ3n) is 7.73. The molecule has 1 aliphatic heterocycles. The van der Waals surface area contributed by atoms with Gasteiger partial charge in [-0.3, -0.25) is 9.88 Å². The molecule has 5 aromatic rings. The molecule has 0 aliphatic carbocycles. The number of hydrogen-bond acceptors (Lipinski definition) is 9. The predicted molar refractivity (Wildman–Crippen MR) is 167 cm³/mol. The quantitative estimate of drug-likeness (QED) is 0.153. The van der Waals surface area contributed by atoms with Gasteiger partial charge in [-0.1, -0.05) is 85.5 Å². The topological polar surface area (TPSA) is 130 Å². The van der Waals surface area contributed by atoms with E-state index in [1.165, 1.54) is 12.4 Å². The van der Waals surface area contributed by atoms with Crippen LogP contribution in [0.1, 0.15) is 29.3 Å². The van der Waals surface area contributed by atoms with Crippen LogP contribution in [0, 0.1) is 0 Å². The molecule has 3 heterocycles. The summed E-state index contributed by atoms with van der Waals surface area (Å²) in [5.74, 6) is 0.890. The first kappa shape index (κ1) is 29.9. The first-order chi connectivity index (χ1) is 22.0. The zero-order chi connectivity index (χ0) is 31.2. The number of aliphatic hydroxyl groups excluding tert-OH is 1. The van der Waals surface area contributed by atoms with Crippen molar-refractivity contribution < 1.29 is 28.8 Å². The molecule has 2 aromatic heterocycles. The number of aromatic nitrogens is 4. The van der Waals surface area contributed by atoms with E-state index in [-0.39, 0.29) is 25.5 Å². The lowest BCUT2D eigenvalue weighted by Crippen LogP contribution is -2.38. The molecule has 3 aromatic carbocycles.